The number of hydrogen-bond acceptors (Lipinski definition) is 7. The Hall–Kier alpha value is -3.33. The fourth-order valence-corrected chi connectivity index (χ4v) is 4.65. The Kier molecular flexibility index (Phi) is 6.04. The summed E-state index contributed by atoms with van der Waals surface area (Å²) in [6, 6.07) is 5.57. The van der Waals surface area contributed by atoms with Gasteiger partial charge in [-0.1, -0.05) is 19.8 Å². The van der Waals surface area contributed by atoms with Gasteiger partial charge >= 0.3 is 0 Å². The van der Waals surface area contributed by atoms with Crippen molar-refractivity contribution in [3.8, 4) is 0 Å². The van der Waals surface area contributed by atoms with E-state index in [-0.39, 0.29) is 17.5 Å². The van der Waals surface area contributed by atoms with E-state index in [1.54, 1.807) is 29.4 Å². The molecule has 0 spiro atoms. The third-order valence-corrected chi connectivity index (χ3v) is 6.47. The summed E-state index contributed by atoms with van der Waals surface area (Å²) in [7, 11) is 0. The monoisotopic (exact) mass is 448 g/mol. The van der Waals surface area contributed by atoms with Gasteiger partial charge in [0, 0.05) is 42.5 Å². The lowest BCUT2D eigenvalue weighted by molar-refractivity contribution is 0.0302. The van der Waals surface area contributed by atoms with Gasteiger partial charge < -0.3 is 15.0 Å². The lowest BCUT2D eigenvalue weighted by Crippen LogP contribution is -2.40. The Morgan fingerprint density at radius 1 is 1.15 bits per heavy atom. The van der Waals surface area contributed by atoms with Gasteiger partial charge in [-0.25, -0.2) is 9.97 Å². The van der Waals surface area contributed by atoms with Crippen LogP contribution < -0.4 is 10.9 Å². The zero-order chi connectivity index (χ0) is 22.8. The average Bonchev–Trinajstić information content (AvgIpc) is 3.39. The lowest BCUT2D eigenvalue weighted by Gasteiger charge is -2.26. The van der Waals surface area contributed by atoms with E-state index in [1.807, 2.05) is 17.6 Å². The molecule has 172 valence electrons. The maximum absolute atomic E-state index is 13.1. The standard InChI is InChI=1S/C24H28N6O3/c1-2-16-13-18-15-26-24(28-21(18)30(23(16)32)19-5-3-4-6-19)27-20-8-7-17(14-25-20)22(31)29-9-11-33-12-10-29/h7-8,13-15,19H,2-6,9-12H2,1H3,(H,25,26,27,28). The first-order valence-electron chi connectivity index (χ1n) is 11.7. The zero-order valence-corrected chi connectivity index (χ0v) is 18.8. The number of carbonyl (C=O) groups is 1. The van der Waals surface area contributed by atoms with Crippen molar-refractivity contribution in [2.75, 3.05) is 31.6 Å². The molecule has 4 heterocycles. The van der Waals surface area contributed by atoms with Crippen molar-refractivity contribution >= 4 is 28.7 Å². The van der Waals surface area contributed by atoms with Gasteiger partial charge in [0.25, 0.3) is 11.5 Å². The summed E-state index contributed by atoms with van der Waals surface area (Å²) in [6.45, 7) is 4.30. The van der Waals surface area contributed by atoms with E-state index in [0.717, 1.165) is 36.6 Å². The van der Waals surface area contributed by atoms with Crippen LogP contribution in [0.4, 0.5) is 11.8 Å². The smallest absolute Gasteiger partial charge is 0.255 e. The van der Waals surface area contributed by atoms with Crippen molar-refractivity contribution in [3.05, 3.63) is 52.1 Å². The molecule has 0 bridgehead atoms. The molecule has 0 atom stereocenters. The predicted molar refractivity (Wildman–Crippen MR) is 125 cm³/mol. The molecule has 1 saturated heterocycles. The molecular formula is C24H28N6O3. The summed E-state index contributed by atoms with van der Waals surface area (Å²) in [5, 5.41) is 3.98. The second-order valence-corrected chi connectivity index (χ2v) is 8.57. The number of anilines is 2. The van der Waals surface area contributed by atoms with Crippen molar-refractivity contribution in [2.45, 2.75) is 45.1 Å². The number of nitrogens with one attached hydrogen (secondary N) is 1. The molecule has 0 radical (unpaired) electrons. The lowest BCUT2D eigenvalue weighted by atomic mass is 10.1. The number of morpholine rings is 1. The number of rotatable bonds is 5. The van der Waals surface area contributed by atoms with Crippen molar-refractivity contribution in [1.82, 2.24) is 24.4 Å². The number of carbonyl (C=O) groups excluding carboxylic acids is 1. The summed E-state index contributed by atoms with van der Waals surface area (Å²) in [4.78, 5) is 41.0. The van der Waals surface area contributed by atoms with E-state index in [0.29, 0.717) is 55.7 Å². The molecule has 0 unspecified atom stereocenters. The van der Waals surface area contributed by atoms with Gasteiger partial charge in [-0.3, -0.25) is 14.2 Å². The second kappa shape index (κ2) is 9.27. The minimum atomic E-state index is -0.0494. The van der Waals surface area contributed by atoms with Gasteiger partial charge in [-0.05, 0) is 37.5 Å². The zero-order valence-electron chi connectivity index (χ0n) is 18.8. The third-order valence-electron chi connectivity index (χ3n) is 6.47. The molecule has 3 aromatic rings. The van der Waals surface area contributed by atoms with E-state index in [4.69, 9.17) is 9.72 Å². The number of aryl methyl sites for hydroxylation is 1. The highest BCUT2D eigenvalue weighted by atomic mass is 16.5. The molecule has 1 N–H and O–H groups in total. The minimum absolute atomic E-state index is 0.0469. The van der Waals surface area contributed by atoms with Crippen LogP contribution >= 0.6 is 0 Å². The van der Waals surface area contributed by atoms with Crippen LogP contribution in [0.3, 0.4) is 0 Å². The number of pyridine rings is 2. The first-order chi connectivity index (χ1) is 16.1. The Bertz CT molecular complexity index is 1210. The van der Waals surface area contributed by atoms with E-state index in [1.165, 1.54) is 0 Å². The quantitative estimate of drug-likeness (QED) is 0.640. The normalized spacial score (nSPS) is 16.9. The molecule has 1 amide bonds. The molecular weight excluding hydrogens is 420 g/mol. The molecule has 9 nitrogen and oxygen atoms in total. The topological polar surface area (TPSA) is 102 Å². The van der Waals surface area contributed by atoms with Crippen LogP contribution in [-0.2, 0) is 11.2 Å². The summed E-state index contributed by atoms with van der Waals surface area (Å²) >= 11 is 0. The van der Waals surface area contributed by atoms with Gasteiger partial charge in [-0.2, -0.15) is 4.98 Å². The maximum atomic E-state index is 13.1. The second-order valence-electron chi connectivity index (χ2n) is 8.57. The van der Waals surface area contributed by atoms with Crippen molar-refractivity contribution in [3.63, 3.8) is 0 Å². The molecule has 2 fully saturated rings. The van der Waals surface area contributed by atoms with Gasteiger partial charge in [0.15, 0.2) is 0 Å². The van der Waals surface area contributed by atoms with Crippen LogP contribution in [0.5, 0.6) is 0 Å². The van der Waals surface area contributed by atoms with Crippen molar-refractivity contribution < 1.29 is 9.53 Å². The van der Waals surface area contributed by atoms with Crippen LogP contribution in [0.2, 0.25) is 0 Å². The number of aromatic nitrogens is 4. The summed E-state index contributed by atoms with van der Waals surface area (Å²) in [6.07, 6.45) is 8.24. The minimum Gasteiger partial charge on any atom is -0.378 e. The maximum Gasteiger partial charge on any atom is 0.255 e. The van der Waals surface area contributed by atoms with Gasteiger partial charge in [-0.15, -0.1) is 0 Å². The fraction of sp³-hybridized carbons (Fsp3) is 0.458. The van der Waals surface area contributed by atoms with Crippen molar-refractivity contribution in [1.29, 1.82) is 0 Å². The Morgan fingerprint density at radius 2 is 1.94 bits per heavy atom. The van der Waals surface area contributed by atoms with Crippen LogP contribution in [0, 0.1) is 0 Å². The van der Waals surface area contributed by atoms with Gasteiger partial charge in [0.2, 0.25) is 5.95 Å². The SMILES string of the molecule is CCc1cc2cnc(Nc3ccc(C(=O)N4CCOCC4)cn3)nc2n(C2CCCC2)c1=O. The highest BCUT2D eigenvalue weighted by molar-refractivity contribution is 5.94. The van der Waals surface area contributed by atoms with Gasteiger partial charge in [0.1, 0.15) is 11.5 Å². The van der Waals surface area contributed by atoms with Crippen molar-refractivity contribution in [2.24, 2.45) is 0 Å². The molecule has 5 rings (SSSR count). The molecule has 2 aliphatic rings. The molecule has 1 aliphatic carbocycles. The van der Waals surface area contributed by atoms with E-state index in [2.05, 4.69) is 15.3 Å². The molecule has 3 aromatic heterocycles. The summed E-state index contributed by atoms with van der Waals surface area (Å²) in [5.41, 5.74) is 2.02. The van der Waals surface area contributed by atoms with E-state index < -0.39 is 0 Å². The van der Waals surface area contributed by atoms with Crippen LogP contribution in [-0.4, -0.2) is 56.6 Å². The van der Waals surface area contributed by atoms with E-state index in [9.17, 15) is 9.59 Å². The van der Waals surface area contributed by atoms with Crippen LogP contribution in [0.1, 0.15) is 54.6 Å². The average molecular weight is 449 g/mol. The third kappa shape index (κ3) is 4.32. The summed E-state index contributed by atoms with van der Waals surface area (Å²) in [5.74, 6) is 0.858. The first-order valence-corrected chi connectivity index (χ1v) is 11.7. The highest BCUT2D eigenvalue weighted by Crippen LogP contribution is 2.31. The molecule has 9 heteroatoms. The van der Waals surface area contributed by atoms with Crippen LogP contribution in [0.25, 0.3) is 11.0 Å². The summed E-state index contributed by atoms with van der Waals surface area (Å²) < 4.78 is 7.17. The number of ether oxygens (including phenoxy) is 1. The van der Waals surface area contributed by atoms with Gasteiger partial charge in [0.05, 0.1) is 18.8 Å². The fourth-order valence-electron chi connectivity index (χ4n) is 4.65. The van der Waals surface area contributed by atoms with Crippen LogP contribution in [0.15, 0.2) is 35.4 Å². The number of amides is 1. The molecule has 1 aliphatic heterocycles. The Labute approximate surface area is 191 Å². The number of hydrogen-bond donors (Lipinski definition) is 1. The number of fused-ring (bicyclic) bond motifs is 1. The predicted octanol–water partition coefficient (Wildman–Crippen LogP) is 3.08. The van der Waals surface area contributed by atoms with E-state index >= 15 is 0 Å². The molecule has 0 aromatic carbocycles. The molecule has 33 heavy (non-hydrogen) atoms. The first kappa shape index (κ1) is 21.5. The largest absolute Gasteiger partial charge is 0.378 e. The Balaban J connectivity index is 1.41. The number of nitrogens with zero attached hydrogens (tertiary/aromatic N) is 5. The Morgan fingerprint density at radius 3 is 2.64 bits per heavy atom. The molecule has 1 saturated carbocycles. The highest BCUT2D eigenvalue weighted by Gasteiger charge is 2.23.